The third kappa shape index (κ3) is 2.55. The summed E-state index contributed by atoms with van der Waals surface area (Å²) in [4.78, 5) is 0. The van der Waals surface area contributed by atoms with E-state index in [1.165, 1.54) is 5.56 Å². The molecule has 1 atom stereocenters. The molecule has 2 rings (SSSR count). The van der Waals surface area contributed by atoms with E-state index in [1.807, 2.05) is 26.0 Å². The van der Waals surface area contributed by atoms with Crippen LogP contribution in [0.1, 0.15) is 43.9 Å². The smallest absolute Gasteiger partial charge is 0.161 e. The van der Waals surface area contributed by atoms with Crippen molar-refractivity contribution in [2.75, 3.05) is 13.2 Å². The lowest BCUT2D eigenvalue weighted by atomic mass is 9.89. The number of hydrogen-bond acceptors (Lipinski definition) is 3. The Morgan fingerprint density at radius 1 is 1.18 bits per heavy atom. The number of ether oxygens (including phenoxy) is 2. The molecule has 0 bridgehead atoms. The van der Waals surface area contributed by atoms with Crippen LogP contribution in [-0.2, 0) is 6.42 Å². The molecule has 94 valence electrons. The quantitative estimate of drug-likeness (QED) is 0.873. The zero-order chi connectivity index (χ0) is 12.3. The molecule has 0 heterocycles. The van der Waals surface area contributed by atoms with Gasteiger partial charge >= 0.3 is 0 Å². The van der Waals surface area contributed by atoms with Gasteiger partial charge in [0.1, 0.15) is 0 Å². The zero-order valence-electron chi connectivity index (χ0n) is 10.5. The first-order chi connectivity index (χ1) is 8.26. The molecular weight excluding hydrogens is 216 g/mol. The fourth-order valence-corrected chi connectivity index (χ4v) is 2.32. The summed E-state index contributed by atoms with van der Waals surface area (Å²) >= 11 is 0. The van der Waals surface area contributed by atoms with Crippen LogP contribution in [0.2, 0.25) is 0 Å². The second kappa shape index (κ2) is 5.41. The topological polar surface area (TPSA) is 38.7 Å². The third-order valence-electron chi connectivity index (χ3n) is 3.09. The fraction of sp³-hybridized carbons (Fsp3) is 0.571. The Labute approximate surface area is 102 Å². The maximum Gasteiger partial charge on any atom is 0.161 e. The highest BCUT2D eigenvalue weighted by Gasteiger charge is 2.21. The molecule has 1 N–H and O–H groups in total. The van der Waals surface area contributed by atoms with E-state index >= 15 is 0 Å². The van der Waals surface area contributed by atoms with Crippen molar-refractivity contribution in [1.82, 2.24) is 0 Å². The highest BCUT2D eigenvalue weighted by Crippen LogP contribution is 2.38. The number of rotatable bonds is 4. The monoisotopic (exact) mass is 236 g/mol. The van der Waals surface area contributed by atoms with Crippen LogP contribution < -0.4 is 9.47 Å². The van der Waals surface area contributed by atoms with Gasteiger partial charge in [0.15, 0.2) is 11.5 Å². The number of aliphatic hydroxyl groups is 1. The molecular formula is C14H20O3. The molecule has 0 radical (unpaired) electrons. The van der Waals surface area contributed by atoms with Gasteiger partial charge in [-0.3, -0.25) is 0 Å². The maximum atomic E-state index is 9.98. The third-order valence-corrected chi connectivity index (χ3v) is 3.09. The summed E-state index contributed by atoms with van der Waals surface area (Å²) in [5.41, 5.74) is 2.19. The first kappa shape index (κ1) is 12.2. The van der Waals surface area contributed by atoms with Crippen LogP contribution in [0.4, 0.5) is 0 Å². The van der Waals surface area contributed by atoms with E-state index in [4.69, 9.17) is 9.47 Å². The summed E-state index contributed by atoms with van der Waals surface area (Å²) in [6.07, 6.45) is 2.53. The molecule has 1 aromatic rings. The second-order valence-electron chi connectivity index (χ2n) is 4.27. The number of aryl methyl sites for hydroxylation is 1. The summed E-state index contributed by atoms with van der Waals surface area (Å²) in [7, 11) is 0. The Kier molecular flexibility index (Phi) is 3.89. The number of fused-ring (bicyclic) bond motifs is 1. The van der Waals surface area contributed by atoms with Crippen molar-refractivity contribution in [2.24, 2.45) is 0 Å². The van der Waals surface area contributed by atoms with E-state index in [0.29, 0.717) is 13.2 Å². The van der Waals surface area contributed by atoms with Gasteiger partial charge in [-0.2, -0.15) is 0 Å². The van der Waals surface area contributed by atoms with Gasteiger partial charge in [0, 0.05) is 0 Å². The van der Waals surface area contributed by atoms with Gasteiger partial charge in [-0.15, -0.1) is 0 Å². The summed E-state index contributed by atoms with van der Waals surface area (Å²) in [5, 5.41) is 9.98. The van der Waals surface area contributed by atoms with Crippen LogP contribution in [0, 0.1) is 0 Å². The minimum absolute atomic E-state index is 0.353. The van der Waals surface area contributed by atoms with E-state index in [0.717, 1.165) is 36.3 Å². The highest BCUT2D eigenvalue weighted by atomic mass is 16.5. The number of hydrogen-bond donors (Lipinski definition) is 1. The van der Waals surface area contributed by atoms with Gasteiger partial charge in [0.05, 0.1) is 19.3 Å². The molecule has 0 aliphatic heterocycles. The standard InChI is InChI=1S/C14H20O3/c1-3-16-13-8-10-6-5-7-12(15)11(10)9-14(13)17-4-2/h8-9,12,15H,3-7H2,1-2H3/t12-/m1/s1. The van der Waals surface area contributed by atoms with Crippen molar-refractivity contribution in [3.05, 3.63) is 23.3 Å². The van der Waals surface area contributed by atoms with Crippen LogP contribution in [0.5, 0.6) is 11.5 Å². The molecule has 0 saturated heterocycles. The van der Waals surface area contributed by atoms with Gasteiger partial charge in [-0.1, -0.05) is 0 Å². The van der Waals surface area contributed by atoms with E-state index in [9.17, 15) is 5.11 Å². The maximum absolute atomic E-state index is 9.98. The highest BCUT2D eigenvalue weighted by molar-refractivity contribution is 5.49. The van der Waals surface area contributed by atoms with Gasteiger partial charge in [0.25, 0.3) is 0 Å². The predicted molar refractivity (Wildman–Crippen MR) is 66.7 cm³/mol. The van der Waals surface area contributed by atoms with Gasteiger partial charge < -0.3 is 14.6 Å². The van der Waals surface area contributed by atoms with E-state index in [2.05, 4.69) is 0 Å². The molecule has 1 aromatic carbocycles. The van der Waals surface area contributed by atoms with E-state index in [-0.39, 0.29) is 6.10 Å². The molecule has 3 heteroatoms. The number of benzene rings is 1. The van der Waals surface area contributed by atoms with Crippen LogP contribution in [0.3, 0.4) is 0 Å². The minimum Gasteiger partial charge on any atom is -0.490 e. The molecule has 0 fully saturated rings. The van der Waals surface area contributed by atoms with Crippen molar-refractivity contribution in [1.29, 1.82) is 0 Å². The molecule has 0 spiro atoms. The van der Waals surface area contributed by atoms with Gasteiger partial charge in [0.2, 0.25) is 0 Å². The Hall–Kier alpha value is -1.22. The van der Waals surface area contributed by atoms with Crippen molar-refractivity contribution >= 4 is 0 Å². The van der Waals surface area contributed by atoms with Crippen molar-refractivity contribution in [3.63, 3.8) is 0 Å². The average molecular weight is 236 g/mol. The van der Waals surface area contributed by atoms with Crippen LogP contribution >= 0.6 is 0 Å². The van der Waals surface area contributed by atoms with E-state index in [1.54, 1.807) is 0 Å². The Balaban J connectivity index is 2.39. The Morgan fingerprint density at radius 3 is 2.47 bits per heavy atom. The van der Waals surface area contributed by atoms with Crippen LogP contribution in [0.25, 0.3) is 0 Å². The molecule has 0 amide bonds. The molecule has 1 aliphatic carbocycles. The molecule has 0 aromatic heterocycles. The summed E-state index contributed by atoms with van der Waals surface area (Å²) in [5.74, 6) is 1.54. The lowest BCUT2D eigenvalue weighted by Gasteiger charge is -2.23. The van der Waals surface area contributed by atoms with Crippen molar-refractivity contribution in [3.8, 4) is 11.5 Å². The number of aliphatic hydroxyl groups excluding tert-OH is 1. The molecule has 0 saturated carbocycles. The largest absolute Gasteiger partial charge is 0.490 e. The minimum atomic E-state index is -0.353. The first-order valence-corrected chi connectivity index (χ1v) is 6.36. The molecule has 3 nitrogen and oxygen atoms in total. The van der Waals surface area contributed by atoms with Crippen LogP contribution in [0.15, 0.2) is 12.1 Å². The summed E-state index contributed by atoms with van der Waals surface area (Å²) in [6, 6.07) is 3.96. The van der Waals surface area contributed by atoms with Crippen LogP contribution in [-0.4, -0.2) is 18.3 Å². The van der Waals surface area contributed by atoms with Crippen molar-refractivity contribution in [2.45, 2.75) is 39.2 Å². The van der Waals surface area contributed by atoms with Gasteiger partial charge in [-0.05, 0) is 56.4 Å². The normalized spacial score (nSPS) is 18.6. The SMILES string of the molecule is CCOc1cc2c(cc1OCC)[C@H](O)CCC2. The Bertz CT molecular complexity index is 387. The van der Waals surface area contributed by atoms with Crippen molar-refractivity contribution < 1.29 is 14.6 Å². The lowest BCUT2D eigenvalue weighted by Crippen LogP contribution is -2.10. The molecule has 0 unspecified atom stereocenters. The fourth-order valence-electron chi connectivity index (χ4n) is 2.32. The summed E-state index contributed by atoms with van der Waals surface area (Å²) in [6.45, 7) is 5.14. The molecule has 1 aliphatic rings. The van der Waals surface area contributed by atoms with Gasteiger partial charge in [-0.25, -0.2) is 0 Å². The van der Waals surface area contributed by atoms with E-state index < -0.39 is 0 Å². The average Bonchev–Trinajstić information content (AvgIpc) is 2.32. The summed E-state index contributed by atoms with van der Waals surface area (Å²) < 4.78 is 11.2. The second-order valence-corrected chi connectivity index (χ2v) is 4.27. The predicted octanol–water partition coefficient (Wildman–Crippen LogP) is 2.85. The lowest BCUT2D eigenvalue weighted by molar-refractivity contribution is 0.155. The first-order valence-electron chi connectivity index (χ1n) is 6.36. The zero-order valence-corrected chi connectivity index (χ0v) is 10.5. The Morgan fingerprint density at radius 2 is 1.82 bits per heavy atom. The molecule has 17 heavy (non-hydrogen) atoms.